The third-order valence-corrected chi connectivity index (χ3v) is 2.14. The number of aromatic amines is 1. The van der Waals surface area contributed by atoms with Gasteiger partial charge in [-0.25, -0.2) is 4.39 Å². The Bertz CT molecular complexity index is 465. The van der Waals surface area contributed by atoms with E-state index in [1.54, 1.807) is 18.2 Å². The standard InChI is InChI=1S/C11H12FNO2.C2H6/c1-7(12)15-11-4-2-3-10-9(11)5-8(6-14)13-10;1-2/h2-5,7,13-14H,6H2,1H3;1-2H3. The van der Waals surface area contributed by atoms with Crippen molar-refractivity contribution in [1.82, 2.24) is 4.98 Å². The molecule has 1 aromatic heterocycles. The summed E-state index contributed by atoms with van der Waals surface area (Å²) in [4.78, 5) is 3.01. The summed E-state index contributed by atoms with van der Waals surface area (Å²) in [6, 6.07) is 7.09. The molecule has 2 N–H and O–H groups in total. The summed E-state index contributed by atoms with van der Waals surface area (Å²) in [7, 11) is 0. The van der Waals surface area contributed by atoms with Gasteiger partial charge in [-0.05, 0) is 18.2 Å². The molecule has 0 saturated carbocycles. The quantitative estimate of drug-likeness (QED) is 0.862. The highest BCUT2D eigenvalue weighted by molar-refractivity contribution is 5.86. The van der Waals surface area contributed by atoms with Crippen LogP contribution in [0.15, 0.2) is 24.3 Å². The van der Waals surface area contributed by atoms with Crippen molar-refractivity contribution in [3.63, 3.8) is 0 Å². The van der Waals surface area contributed by atoms with Crippen LogP contribution in [0.4, 0.5) is 4.39 Å². The van der Waals surface area contributed by atoms with Gasteiger partial charge in [0.15, 0.2) is 0 Å². The van der Waals surface area contributed by atoms with Gasteiger partial charge in [-0.2, -0.15) is 0 Å². The van der Waals surface area contributed by atoms with E-state index in [0.29, 0.717) is 11.4 Å². The second-order valence-electron chi connectivity index (χ2n) is 3.33. The van der Waals surface area contributed by atoms with Crippen LogP contribution in [0, 0.1) is 0 Å². The Morgan fingerprint density at radius 3 is 2.71 bits per heavy atom. The van der Waals surface area contributed by atoms with E-state index in [9.17, 15) is 4.39 Å². The maximum Gasteiger partial charge on any atom is 0.235 e. The molecule has 0 aliphatic carbocycles. The van der Waals surface area contributed by atoms with Gasteiger partial charge in [-0.3, -0.25) is 0 Å². The Kier molecular flexibility index (Phi) is 4.97. The number of H-pyrrole nitrogens is 1. The number of aliphatic hydroxyl groups excluding tert-OH is 1. The first-order valence-electron chi connectivity index (χ1n) is 5.73. The fourth-order valence-electron chi connectivity index (χ4n) is 1.55. The summed E-state index contributed by atoms with van der Waals surface area (Å²) >= 11 is 0. The van der Waals surface area contributed by atoms with E-state index >= 15 is 0 Å². The molecule has 0 bridgehead atoms. The van der Waals surface area contributed by atoms with Gasteiger partial charge >= 0.3 is 0 Å². The summed E-state index contributed by atoms with van der Waals surface area (Å²) in [5.41, 5.74) is 1.52. The number of halogens is 1. The zero-order valence-electron chi connectivity index (χ0n) is 10.3. The van der Waals surface area contributed by atoms with Crippen LogP contribution < -0.4 is 4.74 Å². The Hall–Kier alpha value is -1.55. The highest BCUT2D eigenvalue weighted by Gasteiger charge is 2.08. The lowest BCUT2D eigenvalue weighted by molar-refractivity contribution is 0.0877. The number of ether oxygens (including phenoxy) is 1. The molecule has 0 saturated heterocycles. The van der Waals surface area contributed by atoms with Gasteiger partial charge in [0.25, 0.3) is 0 Å². The molecule has 94 valence electrons. The van der Waals surface area contributed by atoms with Gasteiger partial charge in [-0.15, -0.1) is 0 Å². The number of aromatic nitrogens is 1. The van der Waals surface area contributed by atoms with Gasteiger partial charge in [0.2, 0.25) is 6.36 Å². The minimum atomic E-state index is -1.34. The van der Waals surface area contributed by atoms with Crippen LogP contribution in [0.25, 0.3) is 10.9 Å². The van der Waals surface area contributed by atoms with E-state index in [-0.39, 0.29) is 6.61 Å². The average Bonchev–Trinajstić information content (AvgIpc) is 2.75. The second-order valence-corrected chi connectivity index (χ2v) is 3.33. The molecule has 0 aliphatic heterocycles. The maximum atomic E-state index is 12.7. The second kappa shape index (κ2) is 6.25. The van der Waals surface area contributed by atoms with Crippen LogP contribution >= 0.6 is 0 Å². The van der Waals surface area contributed by atoms with E-state index in [0.717, 1.165) is 10.9 Å². The number of benzene rings is 1. The largest absolute Gasteiger partial charge is 0.460 e. The molecular weight excluding hydrogens is 221 g/mol. The minimum Gasteiger partial charge on any atom is -0.460 e. The van der Waals surface area contributed by atoms with Crippen molar-refractivity contribution in [3.8, 4) is 5.75 Å². The van der Waals surface area contributed by atoms with Gasteiger partial charge < -0.3 is 14.8 Å². The number of rotatable bonds is 3. The molecule has 3 nitrogen and oxygen atoms in total. The van der Waals surface area contributed by atoms with Crippen LogP contribution in [0.5, 0.6) is 5.75 Å². The lowest BCUT2D eigenvalue weighted by atomic mass is 10.2. The molecule has 0 fully saturated rings. The van der Waals surface area contributed by atoms with Crippen molar-refractivity contribution < 1.29 is 14.2 Å². The number of aliphatic hydroxyl groups is 1. The predicted octanol–water partition coefficient (Wildman–Crippen LogP) is 3.38. The lowest BCUT2D eigenvalue weighted by Crippen LogP contribution is -2.03. The molecule has 0 spiro atoms. The summed E-state index contributed by atoms with van der Waals surface area (Å²) in [6.07, 6.45) is -1.34. The monoisotopic (exact) mass is 239 g/mol. The first-order valence-corrected chi connectivity index (χ1v) is 5.73. The fourth-order valence-corrected chi connectivity index (χ4v) is 1.55. The van der Waals surface area contributed by atoms with Crippen LogP contribution in [0.1, 0.15) is 26.5 Å². The van der Waals surface area contributed by atoms with E-state index in [1.165, 1.54) is 6.92 Å². The maximum absolute atomic E-state index is 12.7. The average molecular weight is 239 g/mol. The van der Waals surface area contributed by atoms with Crippen LogP contribution in [0.3, 0.4) is 0 Å². The van der Waals surface area contributed by atoms with Gasteiger partial charge in [0, 0.05) is 23.5 Å². The van der Waals surface area contributed by atoms with E-state index in [1.807, 2.05) is 19.9 Å². The topological polar surface area (TPSA) is 45.2 Å². The Labute approximate surface area is 100 Å². The smallest absolute Gasteiger partial charge is 0.235 e. The summed E-state index contributed by atoms with van der Waals surface area (Å²) in [5.74, 6) is 0.485. The molecule has 0 radical (unpaired) electrons. The molecule has 0 aliphatic rings. The predicted molar refractivity (Wildman–Crippen MR) is 66.8 cm³/mol. The Balaban J connectivity index is 0.000000686. The molecule has 1 heterocycles. The third-order valence-electron chi connectivity index (χ3n) is 2.14. The van der Waals surface area contributed by atoms with Gasteiger partial charge in [0.05, 0.1) is 6.61 Å². The zero-order chi connectivity index (χ0) is 12.8. The molecule has 1 atom stereocenters. The van der Waals surface area contributed by atoms with E-state index in [2.05, 4.69) is 4.98 Å². The molecule has 1 unspecified atom stereocenters. The number of nitrogens with one attached hydrogen (secondary N) is 1. The fraction of sp³-hybridized carbons (Fsp3) is 0.385. The van der Waals surface area contributed by atoms with Crippen molar-refractivity contribution in [3.05, 3.63) is 30.0 Å². The number of fused-ring (bicyclic) bond motifs is 1. The molecule has 2 aromatic rings. The van der Waals surface area contributed by atoms with Gasteiger partial charge in [0.1, 0.15) is 5.75 Å². The minimum absolute atomic E-state index is 0.0701. The van der Waals surface area contributed by atoms with Crippen LogP contribution in [-0.2, 0) is 6.61 Å². The summed E-state index contributed by atoms with van der Waals surface area (Å²) in [6.45, 7) is 5.26. The van der Waals surface area contributed by atoms with Crippen molar-refractivity contribution in [1.29, 1.82) is 0 Å². The van der Waals surface area contributed by atoms with Gasteiger partial charge in [-0.1, -0.05) is 19.9 Å². The highest BCUT2D eigenvalue weighted by atomic mass is 19.1. The first kappa shape index (κ1) is 13.5. The third kappa shape index (κ3) is 3.20. The molecular formula is C13H18FNO2. The molecule has 0 amide bonds. The molecule has 1 aromatic carbocycles. The number of hydrogen-bond acceptors (Lipinski definition) is 2. The van der Waals surface area contributed by atoms with E-state index in [4.69, 9.17) is 9.84 Å². The van der Waals surface area contributed by atoms with E-state index < -0.39 is 6.36 Å². The molecule has 2 rings (SSSR count). The Morgan fingerprint density at radius 1 is 1.41 bits per heavy atom. The molecule has 17 heavy (non-hydrogen) atoms. The summed E-state index contributed by atoms with van der Waals surface area (Å²) in [5, 5.41) is 9.75. The molecule has 4 heteroatoms. The highest BCUT2D eigenvalue weighted by Crippen LogP contribution is 2.27. The summed E-state index contributed by atoms with van der Waals surface area (Å²) < 4.78 is 17.7. The SMILES string of the molecule is CC.CC(F)Oc1cccc2[nH]c(CO)cc12. The Morgan fingerprint density at radius 2 is 2.12 bits per heavy atom. The zero-order valence-corrected chi connectivity index (χ0v) is 10.3. The number of hydrogen-bond donors (Lipinski definition) is 2. The van der Waals surface area contributed by atoms with Crippen LogP contribution in [-0.4, -0.2) is 16.4 Å². The van der Waals surface area contributed by atoms with Crippen molar-refractivity contribution in [2.24, 2.45) is 0 Å². The van der Waals surface area contributed by atoms with Crippen molar-refractivity contribution in [2.75, 3.05) is 0 Å². The van der Waals surface area contributed by atoms with Crippen LogP contribution in [0.2, 0.25) is 0 Å². The van der Waals surface area contributed by atoms with Crippen molar-refractivity contribution in [2.45, 2.75) is 33.7 Å². The number of alkyl halides is 1. The van der Waals surface area contributed by atoms with Crippen molar-refractivity contribution >= 4 is 10.9 Å². The normalized spacial score (nSPS) is 11.8. The lowest BCUT2D eigenvalue weighted by Gasteiger charge is -2.07. The first-order chi connectivity index (χ1) is 8.20.